The second kappa shape index (κ2) is 15.8. The first-order chi connectivity index (χ1) is 19.3. The largest absolute Gasteiger partial charge is 0.494 e. The molecule has 206 valence electrons. The minimum Gasteiger partial charge on any atom is -0.494 e. The fraction of sp³-hybridized carbons (Fsp3) is 0.400. The highest BCUT2D eigenvalue weighted by Gasteiger charge is 2.28. The molecule has 4 nitrogen and oxygen atoms in total. The molecule has 3 aromatic carbocycles. The maximum atomic E-state index is 5.97. The van der Waals surface area contributed by atoms with E-state index in [-0.39, 0.29) is 6.04 Å². The average molecular weight is 525 g/mol. The van der Waals surface area contributed by atoms with Gasteiger partial charge in [-0.3, -0.25) is 5.01 Å². The lowest BCUT2D eigenvalue weighted by Gasteiger charge is -2.24. The van der Waals surface area contributed by atoms with Gasteiger partial charge >= 0.3 is 0 Å². The van der Waals surface area contributed by atoms with E-state index < -0.39 is 0 Å². The van der Waals surface area contributed by atoms with Crippen LogP contribution in [0.5, 0.6) is 11.5 Å². The highest BCUT2D eigenvalue weighted by Crippen LogP contribution is 2.36. The van der Waals surface area contributed by atoms with Crippen LogP contribution in [0.3, 0.4) is 0 Å². The summed E-state index contributed by atoms with van der Waals surface area (Å²) in [5.74, 6) is 1.87. The van der Waals surface area contributed by atoms with E-state index in [2.05, 4.69) is 104 Å². The molecular weight excluding hydrogens is 480 g/mol. The van der Waals surface area contributed by atoms with Crippen molar-refractivity contribution >= 4 is 17.5 Å². The van der Waals surface area contributed by atoms with Gasteiger partial charge in [0.25, 0.3) is 0 Å². The summed E-state index contributed by atoms with van der Waals surface area (Å²) in [5.41, 5.74) is 4.55. The van der Waals surface area contributed by atoms with Crippen molar-refractivity contribution in [2.75, 3.05) is 18.2 Å². The Morgan fingerprint density at radius 3 is 1.87 bits per heavy atom. The number of hydrazone groups is 1. The van der Waals surface area contributed by atoms with E-state index in [1.165, 1.54) is 44.1 Å². The quantitative estimate of drug-likeness (QED) is 0.175. The van der Waals surface area contributed by atoms with E-state index in [1.807, 2.05) is 6.07 Å². The second-order valence-corrected chi connectivity index (χ2v) is 10.3. The van der Waals surface area contributed by atoms with E-state index in [9.17, 15) is 0 Å². The summed E-state index contributed by atoms with van der Waals surface area (Å²) in [6.07, 6.45) is 14.9. The molecule has 3 aromatic rings. The number of ether oxygens (including phenoxy) is 2. The molecule has 4 heteroatoms. The molecule has 1 aliphatic heterocycles. The zero-order chi connectivity index (χ0) is 27.1. The summed E-state index contributed by atoms with van der Waals surface area (Å²) in [4.78, 5) is 0. The molecule has 1 aliphatic rings. The second-order valence-electron chi connectivity index (χ2n) is 10.3. The fourth-order valence-corrected chi connectivity index (χ4v) is 4.80. The molecule has 0 saturated carbocycles. The van der Waals surface area contributed by atoms with Gasteiger partial charge in [0.1, 0.15) is 11.5 Å². The highest BCUT2D eigenvalue weighted by atomic mass is 16.5. The molecule has 1 atom stereocenters. The van der Waals surface area contributed by atoms with Crippen LogP contribution in [0.1, 0.15) is 88.8 Å². The number of hydrogen-bond acceptors (Lipinski definition) is 4. The average Bonchev–Trinajstić information content (AvgIpc) is 3.42. The molecule has 0 bridgehead atoms. The van der Waals surface area contributed by atoms with Crippen LogP contribution in [-0.2, 0) is 0 Å². The van der Waals surface area contributed by atoms with E-state index in [0.29, 0.717) is 0 Å². The maximum absolute atomic E-state index is 5.97. The number of hydrogen-bond donors (Lipinski definition) is 0. The monoisotopic (exact) mass is 524 g/mol. The molecule has 0 amide bonds. The van der Waals surface area contributed by atoms with E-state index in [4.69, 9.17) is 14.6 Å². The van der Waals surface area contributed by atoms with E-state index in [0.717, 1.165) is 60.9 Å². The number of allylic oxidation sites excluding steroid dienone is 1. The molecule has 0 N–H and O–H groups in total. The van der Waals surface area contributed by atoms with Crippen molar-refractivity contribution in [3.05, 3.63) is 96.1 Å². The van der Waals surface area contributed by atoms with Gasteiger partial charge < -0.3 is 9.47 Å². The summed E-state index contributed by atoms with van der Waals surface area (Å²) < 4.78 is 11.9. The van der Waals surface area contributed by atoms with Gasteiger partial charge in [0.05, 0.1) is 30.7 Å². The van der Waals surface area contributed by atoms with Gasteiger partial charge in [0, 0.05) is 6.42 Å². The van der Waals surface area contributed by atoms with Gasteiger partial charge in [-0.15, -0.1) is 0 Å². The normalized spacial score (nSPS) is 15.1. The van der Waals surface area contributed by atoms with Crippen molar-refractivity contribution in [2.45, 2.75) is 77.7 Å². The van der Waals surface area contributed by atoms with Crippen LogP contribution in [0, 0.1) is 0 Å². The molecule has 0 aliphatic carbocycles. The third-order valence-electron chi connectivity index (χ3n) is 7.10. The van der Waals surface area contributed by atoms with Gasteiger partial charge in [0.15, 0.2) is 0 Å². The third kappa shape index (κ3) is 9.02. The van der Waals surface area contributed by atoms with Crippen molar-refractivity contribution in [3.8, 4) is 11.5 Å². The Bertz CT molecular complexity index is 1150. The van der Waals surface area contributed by atoms with Crippen molar-refractivity contribution in [1.29, 1.82) is 0 Å². The Labute approximate surface area is 235 Å². The molecule has 39 heavy (non-hydrogen) atoms. The predicted octanol–water partition coefficient (Wildman–Crippen LogP) is 9.63. The van der Waals surface area contributed by atoms with Crippen LogP contribution in [0.2, 0.25) is 0 Å². The zero-order valence-corrected chi connectivity index (χ0v) is 23.7. The lowest BCUT2D eigenvalue weighted by Crippen LogP contribution is -2.18. The Balaban J connectivity index is 1.38. The first-order valence-corrected chi connectivity index (χ1v) is 14.8. The van der Waals surface area contributed by atoms with Crippen molar-refractivity contribution in [2.24, 2.45) is 5.10 Å². The first-order valence-electron chi connectivity index (χ1n) is 14.8. The fourth-order valence-electron chi connectivity index (χ4n) is 4.80. The molecule has 1 unspecified atom stereocenters. The van der Waals surface area contributed by atoms with Crippen molar-refractivity contribution < 1.29 is 9.47 Å². The molecule has 4 rings (SSSR count). The van der Waals surface area contributed by atoms with Gasteiger partial charge in [0.2, 0.25) is 0 Å². The molecule has 0 fully saturated rings. The van der Waals surface area contributed by atoms with Gasteiger partial charge in [-0.25, -0.2) is 0 Å². The van der Waals surface area contributed by atoms with Crippen LogP contribution in [0.4, 0.5) is 5.69 Å². The van der Waals surface area contributed by atoms with Crippen LogP contribution < -0.4 is 14.5 Å². The standard InChI is InChI=1S/C35H44N2O2/c1-3-5-7-12-26-38-33-22-17-29(18-23-33)16-21-31-28-35(37(36-31)32-14-10-9-11-15-32)30-19-24-34(25-20-30)39-27-13-8-6-4-2/h9-11,14-25,35H,3-8,12-13,26-28H2,1-2H3/b21-16+. The van der Waals surface area contributed by atoms with E-state index >= 15 is 0 Å². The van der Waals surface area contributed by atoms with Crippen molar-refractivity contribution in [3.63, 3.8) is 0 Å². The lowest BCUT2D eigenvalue weighted by molar-refractivity contribution is 0.305. The Morgan fingerprint density at radius 1 is 0.692 bits per heavy atom. The minimum atomic E-state index is 0.147. The number of unbranched alkanes of at least 4 members (excludes halogenated alkanes) is 6. The van der Waals surface area contributed by atoms with Gasteiger partial charge in [-0.2, -0.15) is 5.10 Å². The number of anilines is 1. The SMILES string of the molecule is CCCCCCOc1ccc(/C=C/C2=NN(c3ccccc3)C(c3ccc(OCCCCCC)cc3)C2)cc1. The smallest absolute Gasteiger partial charge is 0.119 e. The number of rotatable bonds is 16. The van der Waals surface area contributed by atoms with Crippen LogP contribution in [0.15, 0.2) is 90.0 Å². The summed E-state index contributed by atoms with van der Waals surface area (Å²) >= 11 is 0. The lowest BCUT2D eigenvalue weighted by atomic mass is 10.0. The summed E-state index contributed by atoms with van der Waals surface area (Å²) in [6.45, 7) is 6.03. The third-order valence-corrected chi connectivity index (χ3v) is 7.10. The molecule has 0 saturated heterocycles. The van der Waals surface area contributed by atoms with Crippen molar-refractivity contribution in [1.82, 2.24) is 0 Å². The molecular formula is C35H44N2O2. The topological polar surface area (TPSA) is 34.1 Å². The van der Waals surface area contributed by atoms with Crippen LogP contribution in [-0.4, -0.2) is 18.9 Å². The summed E-state index contributed by atoms with van der Waals surface area (Å²) in [6, 6.07) is 27.5. The molecule has 1 heterocycles. The molecule has 0 radical (unpaired) electrons. The highest BCUT2D eigenvalue weighted by molar-refractivity contribution is 6.01. The Hall–Kier alpha value is -3.53. The Morgan fingerprint density at radius 2 is 1.28 bits per heavy atom. The number of nitrogens with zero attached hydrogens (tertiary/aromatic N) is 2. The van der Waals surface area contributed by atoms with E-state index in [1.54, 1.807) is 0 Å². The number of benzene rings is 3. The Kier molecular flexibility index (Phi) is 11.5. The zero-order valence-electron chi connectivity index (χ0n) is 23.7. The maximum Gasteiger partial charge on any atom is 0.119 e. The van der Waals surface area contributed by atoms with Gasteiger partial charge in [-0.1, -0.05) is 101 Å². The summed E-state index contributed by atoms with van der Waals surface area (Å²) in [7, 11) is 0. The van der Waals surface area contributed by atoms with Gasteiger partial charge in [-0.05, 0) is 66.4 Å². The predicted molar refractivity (Wildman–Crippen MR) is 165 cm³/mol. The molecule has 0 aromatic heterocycles. The summed E-state index contributed by atoms with van der Waals surface area (Å²) in [5, 5.41) is 7.17. The van der Waals surface area contributed by atoms with Crippen LogP contribution >= 0.6 is 0 Å². The minimum absolute atomic E-state index is 0.147. The first kappa shape index (κ1) is 28.5. The molecule has 0 spiro atoms. The number of para-hydroxylation sites is 1. The van der Waals surface area contributed by atoms with Crippen LogP contribution in [0.25, 0.3) is 6.08 Å².